The van der Waals surface area contributed by atoms with Gasteiger partial charge in [-0.2, -0.15) is 0 Å². The highest BCUT2D eigenvalue weighted by atomic mass is 15.2. The number of hydrogen-bond acceptors (Lipinski definition) is 1. The minimum absolute atomic E-state index is 1.03. The van der Waals surface area contributed by atoms with E-state index in [9.17, 15) is 0 Å². The van der Waals surface area contributed by atoms with Gasteiger partial charge in [-0.1, -0.05) is 37.0 Å². The normalized spacial score (nSPS) is 19.9. The molecule has 1 aliphatic heterocycles. The highest BCUT2D eigenvalue weighted by molar-refractivity contribution is 5.38. The Morgan fingerprint density at radius 3 is 3.13 bits per heavy atom. The number of allylic oxidation sites excluding steroid dienone is 6. The van der Waals surface area contributed by atoms with E-state index < -0.39 is 0 Å². The van der Waals surface area contributed by atoms with E-state index in [1.54, 1.807) is 0 Å². The molecule has 1 nitrogen and oxygen atoms in total. The fourth-order valence-electron chi connectivity index (χ4n) is 2.13. The third-order valence-corrected chi connectivity index (χ3v) is 2.86. The average molecular weight is 199 g/mol. The Balaban J connectivity index is 2.24. The van der Waals surface area contributed by atoms with E-state index in [4.69, 9.17) is 0 Å². The van der Waals surface area contributed by atoms with E-state index in [1.807, 2.05) is 13.0 Å². The van der Waals surface area contributed by atoms with Crippen LogP contribution in [-0.2, 0) is 0 Å². The Bertz CT molecular complexity index is 380. The molecule has 0 amide bonds. The van der Waals surface area contributed by atoms with Gasteiger partial charge in [0.25, 0.3) is 0 Å². The monoisotopic (exact) mass is 199 g/mol. The lowest BCUT2D eigenvalue weighted by Crippen LogP contribution is -2.16. The zero-order valence-electron chi connectivity index (χ0n) is 9.24. The van der Waals surface area contributed by atoms with Gasteiger partial charge in [-0.05, 0) is 25.0 Å². The first-order chi connectivity index (χ1) is 7.33. The minimum atomic E-state index is 1.03. The summed E-state index contributed by atoms with van der Waals surface area (Å²) in [5.41, 5.74) is 3.99. The van der Waals surface area contributed by atoms with Crippen molar-refractivity contribution >= 4 is 0 Å². The van der Waals surface area contributed by atoms with Crippen LogP contribution in [0.5, 0.6) is 0 Å². The van der Waals surface area contributed by atoms with Crippen LogP contribution in [0.1, 0.15) is 19.8 Å². The Hall–Kier alpha value is -1.50. The summed E-state index contributed by atoms with van der Waals surface area (Å²) in [6.07, 6.45) is 15.0. The molecule has 1 heteroatoms. The first-order valence-corrected chi connectivity index (χ1v) is 5.47. The maximum atomic E-state index is 4.10. The molecule has 2 aliphatic rings. The molecule has 0 saturated carbocycles. The zero-order valence-corrected chi connectivity index (χ0v) is 9.24. The highest BCUT2D eigenvalue weighted by Crippen LogP contribution is 2.31. The van der Waals surface area contributed by atoms with Crippen molar-refractivity contribution in [1.82, 2.24) is 4.90 Å². The van der Waals surface area contributed by atoms with Crippen LogP contribution < -0.4 is 0 Å². The van der Waals surface area contributed by atoms with Crippen molar-refractivity contribution in [2.24, 2.45) is 0 Å². The van der Waals surface area contributed by atoms with Gasteiger partial charge < -0.3 is 4.90 Å². The van der Waals surface area contributed by atoms with Gasteiger partial charge in [-0.3, -0.25) is 0 Å². The molecule has 0 aromatic heterocycles. The fourth-order valence-corrected chi connectivity index (χ4v) is 2.13. The lowest BCUT2D eigenvalue weighted by atomic mass is 10.1. The summed E-state index contributed by atoms with van der Waals surface area (Å²) in [7, 11) is 0. The molecule has 0 N–H and O–H groups in total. The lowest BCUT2D eigenvalue weighted by molar-refractivity contribution is 0.475. The molecule has 0 spiro atoms. The Labute approximate surface area is 91.8 Å². The van der Waals surface area contributed by atoms with E-state index in [-0.39, 0.29) is 0 Å². The summed E-state index contributed by atoms with van der Waals surface area (Å²) in [6, 6.07) is 0. The Morgan fingerprint density at radius 2 is 2.33 bits per heavy atom. The van der Waals surface area contributed by atoms with Crippen LogP contribution in [0.2, 0.25) is 0 Å². The van der Waals surface area contributed by atoms with E-state index in [0.29, 0.717) is 0 Å². The topological polar surface area (TPSA) is 3.24 Å². The van der Waals surface area contributed by atoms with E-state index in [2.05, 4.69) is 41.9 Å². The molecule has 1 heterocycles. The van der Waals surface area contributed by atoms with E-state index in [1.165, 1.54) is 11.3 Å². The number of nitrogens with zero attached hydrogens (tertiary/aromatic N) is 1. The minimum Gasteiger partial charge on any atom is -0.345 e. The van der Waals surface area contributed by atoms with Gasteiger partial charge in [-0.15, -0.1) is 0 Å². The summed E-state index contributed by atoms with van der Waals surface area (Å²) < 4.78 is 0. The molecular weight excluding hydrogens is 182 g/mol. The highest BCUT2D eigenvalue weighted by Gasteiger charge is 2.21. The van der Waals surface area contributed by atoms with Gasteiger partial charge in [0.2, 0.25) is 0 Å². The van der Waals surface area contributed by atoms with Crippen LogP contribution in [-0.4, -0.2) is 11.4 Å². The number of rotatable bonds is 2. The van der Waals surface area contributed by atoms with Gasteiger partial charge in [0.1, 0.15) is 0 Å². The molecule has 78 valence electrons. The molecule has 0 radical (unpaired) electrons. The van der Waals surface area contributed by atoms with Gasteiger partial charge in [0.15, 0.2) is 0 Å². The third-order valence-electron chi connectivity index (χ3n) is 2.86. The summed E-state index contributed by atoms with van der Waals surface area (Å²) in [5.74, 6) is 0. The quantitative estimate of drug-likeness (QED) is 0.615. The average Bonchev–Trinajstić information content (AvgIpc) is 2.48. The Morgan fingerprint density at radius 1 is 1.47 bits per heavy atom. The summed E-state index contributed by atoms with van der Waals surface area (Å²) in [6.45, 7) is 7.21. The molecule has 0 aromatic carbocycles. The van der Waals surface area contributed by atoms with Gasteiger partial charge in [0.05, 0.1) is 0 Å². The van der Waals surface area contributed by atoms with Gasteiger partial charge in [-0.25, -0.2) is 0 Å². The van der Waals surface area contributed by atoms with Crippen molar-refractivity contribution in [2.45, 2.75) is 19.8 Å². The van der Waals surface area contributed by atoms with E-state index >= 15 is 0 Å². The second-order valence-electron chi connectivity index (χ2n) is 3.86. The molecule has 0 atom stereocenters. The molecule has 0 unspecified atom stereocenters. The lowest BCUT2D eigenvalue weighted by Gasteiger charge is -2.22. The second kappa shape index (κ2) is 4.35. The van der Waals surface area contributed by atoms with Crippen LogP contribution in [0.3, 0.4) is 0 Å². The fraction of sp³-hybridized carbons (Fsp3) is 0.286. The van der Waals surface area contributed by atoms with Crippen LogP contribution in [0.4, 0.5) is 0 Å². The van der Waals surface area contributed by atoms with Crippen LogP contribution in [0.15, 0.2) is 60.0 Å². The SMILES string of the molecule is C=C(/C=C\C)N1CCC2=C1CC=CC=C2. The van der Waals surface area contributed by atoms with Crippen molar-refractivity contribution in [3.05, 3.63) is 60.0 Å². The van der Waals surface area contributed by atoms with Crippen LogP contribution in [0, 0.1) is 0 Å². The molecule has 0 saturated heterocycles. The maximum Gasteiger partial charge on any atom is 0.0332 e. The maximum absolute atomic E-state index is 4.10. The first kappa shape index (κ1) is 10.0. The van der Waals surface area contributed by atoms with Gasteiger partial charge >= 0.3 is 0 Å². The largest absolute Gasteiger partial charge is 0.345 e. The van der Waals surface area contributed by atoms with Crippen molar-refractivity contribution < 1.29 is 0 Å². The summed E-state index contributed by atoms with van der Waals surface area (Å²) in [4.78, 5) is 2.33. The smallest absolute Gasteiger partial charge is 0.0332 e. The molecule has 0 fully saturated rings. The molecule has 0 aromatic rings. The van der Waals surface area contributed by atoms with Crippen LogP contribution in [0.25, 0.3) is 0 Å². The standard InChI is InChI=1S/C14H17N/c1-3-7-12(2)15-11-10-13-8-5-4-6-9-14(13)15/h3-8H,2,9-11H2,1H3/b7-3-. The van der Waals surface area contributed by atoms with Crippen molar-refractivity contribution in [2.75, 3.05) is 6.54 Å². The second-order valence-corrected chi connectivity index (χ2v) is 3.86. The van der Waals surface area contributed by atoms with Crippen LogP contribution >= 0.6 is 0 Å². The molecule has 0 bridgehead atoms. The predicted octanol–water partition coefficient (Wildman–Crippen LogP) is 3.55. The third kappa shape index (κ3) is 1.96. The van der Waals surface area contributed by atoms with E-state index in [0.717, 1.165) is 25.1 Å². The predicted molar refractivity (Wildman–Crippen MR) is 65.2 cm³/mol. The van der Waals surface area contributed by atoms with Crippen molar-refractivity contribution in [3.63, 3.8) is 0 Å². The molecule has 2 rings (SSSR count). The molecule has 1 aliphatic carbocycles. The molecule has 15 heavy (non-hydrogen) atoms. The molecular formula is C14H17N. The zero-order chi connectivity index (χ0) is 10.7. The van der Waals surface area contributed by atoms with Crippen molar-refractivity contribution in [3.8, 4) is 0 Å². The number of hydrogen-bond donors (Lipinski definition) is 0. The van der Waals surface area contributed by atoms with Gasteiger partial charge in [0, 0.05) is 24.4 Å². The Kier molecular flexibility index (Phi) is 2.91. The summed E-state index contributed by atoms with van der Waals surface area (Å²) in [5, 5.41) is 0. The first-order valence-electron chi connectivity index (χ1n) is 5.47. The van der Waals surface area contributed by atoms with Crippen molar-refractivity contribution in [1.29, 1.82) is 0 Å². The summed E-state index contributed by atoms with van der Waals surface area (Å²) >= 11 is 0.